The highest BCUT2D eigenvalue weighted by Gasteiger charge is 2.15. The van der Waals surface area contributed by atoms with E-state index in [4.69, 9.17) is 0 Å². The van der Waals surface area contributed by atoms with Crippen LogP contribution in [0.2, 0.25) is 0 Å². The summed E-state index contributed by atoms with van der Waals surface area (Å²) < 4.78 is 0. The largest absolute Gasteiger partial charge is 0.506 e. The van der Waals surface area contributed by atoms with Gasteiger partial charge in [0.1, 0.15) is 11.5 Å². The topological polar surface area (TPSA) is 117 Å². The molecule has 2 rings (SSSR count). The van der Waals surface area contributed by atoms with E-state index < -0.39 is 0 Å². The van der Waals surface area contributed by atoms with Gasteiger partial charge in [-0.1, -0.05) is 6.58 Å². The van der Waals surface area contributed by atoms with Crippen LogP contribution >= 0.6 is 0 Å². The number of aliphatic hydroxyl groups excluding tert-OH is 1. The van der Waals surface area contributed by atoms with Crippen molar-refractivity contribution in [3.63, 3.8) is 0 Å². The van der Waals surface area contributed by atoms with Crippen molar-refractivity contribution in [1.29, 1.82) is 0 Å². The number of rotatable bonds is 4. The minimum atomic E-state index is -0.119. The Morgan fingerprint density at radius 2 is 2.00 bits per heavy atom. The molecule has 0 spiro atoms. The van der Waals surface area contributed by atoms with Gasteiger partial charge in [-0.25, -0.2) is 9.98 Å². The number of hydrogen-bond donors (Lipinski definition) is 2. The van der Waals surface area contributed by atoms with Crippen molar-refractivity contribution in [2.45, 2.75) is 6.92 Å². The van der Waals surface area contributed by atoms with Crippen molar-refractivity contribution in [2.24, 2.45) is 4.99 Å². The Balaban J connectivity index is 2.41. The van der Waals surface area contributed by atoms with Gasteiger partial charge < -0.3 is 10.2 Å². The van der Waals surface area contributed by atoms with Crippen molar-refractivity contribution < 1.29 is 10.2 Å². The lowest BCUT2D eigenvalue weighted by atomic mass is 10.3. The van der Waals surface area contributed by atoms with E-state index in [0.29, 0.717) is 0 Å². The van der Waals surface area contributed by atoms with Crippen LogP contribution in [0.5, 0.6) is 5.75 Å². The maximum atomic E-state index is 9.73. The lowest BCUT2D eigenvalue weighted by Crippen LogP contribution is -2.13. The molecule has 0 amide bonds. The Kier molecular flexibility index (Phi) is 4.30. The van der Waals surface area contributed by atoms with Gasteiger partial charge in [-0.3, -0.25) is 0 Å². The lowest BCUT2D eigenvalue weighted by Gasteiger charge is -2.03. The van der Waals surface area contributed by atoms with E-state index in [1.807, 2.05) is 0 Å². The molecule has 8 heteroatoms. The zero-order valence-electron chi connectivity index (χ0n) is 11.2. The number of aromatic hydroxyl groups is 1. The monoisotopic (exact) mass is 284 g/mol. The van der Waals surface area contributed by atoms with Gasteiger partial charge >= 0.3 is 0 Å². The number of aliphatic imine (C=N–C) groups is 1. The van der Waals surface area contributed by atoms with Crippen LogP contribution in [-0.2, 0) is 0 Å². The minimum absolute atomic E-state index is 0.0321. The zero-order chi connectivity index (χ0) is 15.2. The molecule has 0 bridgehead atoms. The fourth-order valence-electron chi connectivity index (χ4n) is 1.45. The molecule has 0 unspecified atom stereocenters. The van der Waals surface area contributed by atoms with Crippen molar-refractivity contribution in [1.82, 2.24) is 25.4 Å². The molecule has 0 radical (unpaired) electrons. The Labute approximate surface area is 120 Å². The van der Waals surface area contributed by atoms with Gasteiger partial charge in [0.15, 0.2) is 11.4 Å². The molecular weight excluding hydrogens is 272 g/mol. The van der Waals surface area contributed by atoms with Gasteiger partial charge in [0.2, 0.25) is 11.6 Å². The van der Waals surface area contributed by atoms with Crippen LogP contribution in [0.25, 0.3) is 11.5 Å². The average molecular weight is 284 g/mol. The van der Waals surface area contributed by atoms with E-state index in [1.54, 1.807) is 13.0 Å². The van der Waals surface area contributed by atoms with E-state index >= 15 is 0 Å². The fourth-order valence-corrected chi connectivity index (χ4v) is 1.45. The second kappa shape index (κ2) is 6.33. The molecule has 2 heterocycles. The van der Waals surface area contributed by atoms with E-state index in [2.05, 4.69) is 37.0 Å². The number of allylic oxidation sites excluding steroid dienone is 2. The molecule has 0 saturated heterocycles. The van der Waals surface area contributed by atoms with Crippen LogP contribution in [0.3, 0.4) is 0 Å². The Hall–Kier alpha value is -3.16. The van der Waals surface area contributed by atoms with Crippen LogP contribution in [-0.4, -0.2) is 41.3 Å². The molecule has 0 aliphatic carbocycles. The summed E-state index contributed by atoms with van der Waals surface area (Å²) >= 11 is 0. The standard InChI is InChI=1S/C13H12N6O2/c1-3-8(20)10(14-4-2)12-16-18-13(19-17-12)11-9(21)6-5-7-15-11/h3-7,20-21H,2H2,1H3/b8-3+,14-10?. The summed E-state index contributed by atoms with van der Waals surface area (Å²) in [6, 6.07) is 3.03. The predicted molar refractivity (Wildman–Crippen MR) is 75.6 cm³/mol. The molecule has 0 atom stereocenters. The number of nitrogens with zero attached hydrogens (tertiary/aromatic N) is 6. The minimum Gasteiger partial charge on any atom is -0.506 e. The summed E-state index contributed by atoms with van der Waals surface area (Å²) in [4.78, 5) is 7.83. The normalized spacial score (nSPS) is 12.2. The molecule has 0 aliphatic heterocycles. The first-order valence-electron chi connectivity index (χ1n) is 5.93. The molecule has 0 aliphatic rings. The van der Waals surface area contributed by atoms with Crippen LogP contribution < -0.4 is 0 Å². The van der Waals surface area contributed by atoms with Crippen LogP contribution in [0, 0.1) is 0 Å². The highest BCUT2D eigenvalue weighted by molar-refractivity contribution is 6.08. The molecule has 106 valence electrons. The molecule has 0 aromatic carbocycles. The number of aliphatic hydroxyl groups is 1. The van der Waals surface area contributed by atoms with Crippen LogP contribution in [0.15, 0.2) is 47.9 Å². The first-order chi connectivity index (χ1) is 10.2. The molecule has 2 aromatic rings. The molecule has 2 N–H and O–H groups in total. The molecule has 2 aromatic heterocycles. The third-order valence-electron chi connectivity index (χ3n) is 2.43. The van der Waals surface area contributed by atoms with Gasteiger partial charge in [0, 0.05) is 12.4 Å². The molecule has 0 saturated carbocycles. The molecule has 0 fully saturated rings. The summed E-state index contributed by atoms with van der Waals surface area (Å²) in [7, 11) is 0. The van der Waals surface area contributed by atoms with Gasteiger partial charge in [0.25, 0.3) is 0 Å². The molecule has 8 nitrogen and oxygen atoms in total. The Morgan fingerprint density at radius 1 is 1.29 bits per heavy atom. The van der Waals surface area contributed by atoms with Gasteiger partial charge in [0.05, 0.1) is 0 Å². The maximum Gasteiger partial charge on any atom is 0.225 e. The number of pyridine rings is 1. The third-order valence-corrected chi connectivity index (χ3v) is 2.43. The van der Waals surface area contributed by atoms with Crippen molar-refractivity contribution in [3.05, 3.63) is 48.8 Å². The summed E-state index contributed by atoms with van der Waals surface area (Å²) in [5, 5.41) is 34.7. The number of aromatic nitrogens is 5. The Morgan fingerprint density at radius 3 is 2.57 bits per heavy atom. The summed E-state index contributed by atoms with van der Waals surface area (Å²) in [5.41, 5.74) is 0.269. The second-order valence-corrected chi connectivity index (χ2v) is 3.75. The zero-order valence-corrected chi connectivity index (χ0v) is 11.2. The SMILES string of the molecule is C=CN=C(/C(O)=C\C)c1nnc(-c2ncccc2O)nn1. The highest BCUT2D eigenvalue weighted by Crippen LogP contribution is 2.21. The third kappa shape index (κ3) is 3.06. The fraction of sp³-hybridized carbons (Fsp3) is 0.0769. The van der Waals surface area contributed by atoms with Crippen LogP contribution in [0.4, 0.5) is 0 Å². The maximum absolute atomic E-state index is 9.73. The van der Waals surface area contributed by atoms with E-state index in [-0.39, 0.29) is 34.6 Å². The van der Waals surface area contributed by atoms with Crippen molar-refractivity contribution in [2.75, 3.05) is 0 Å². The molecular formula is C13H12N6O2. The van der Waals surface area contributed by atoms with Gasteiger partial charge in [-0.05, 0) is 25.1 Å². The smallest absolute Gasteiger partial charge is 0.225 e. The number of hydrogen-bond acceptors (Lipinski definition) is 8. The highest BCUT2D eigenvalue weighted by atomic mass is 16.3. The van der Waals surface area contributed by atoms with Crippen molar-refractivity contribution in [3.8, 4) is 17.3 Å². The van der Waals surface area contributed by atoms with Crippen molar-refractivity contribution >= 4 is 5.71 Å². The summed E-state index contributed by atoms with van der Waals surface area (Å²) in [6.45, 7) is 5.09. The first kappa shape index (κ1) is 14.3. The summed E-state index contributed by atoms with van der Waals surface area (Å²) in [5.74, 6) is -0.100. The first-order valence-corrected chi connectivity index (χ1v) is 5.93. The lowest BCUT2D eigenvalue weighted by molar-refractivity contribution is 0.441. The van der Waals surface area contributed by atoms with Crippen LogP contribution in [0.1, 0.15) is 12.7 Å². The average Bonchev–Trinajstić information content (AvgIpc) is 2.53. The van der Waals surface area contributed by atoms with E-state index in [0.717, 1.165) is 0 Å². The molecule has 21 heavy (non-hydrogen) atoms. The quantitative estimate of drug-likeness (QED) is 0.644. The van der Waals surface area contributed by atoms with Gasteiger partial charge in [-0.2, -0.15) is 0 Å². The van der Waals surface area contributed by atoms with E-state index in [9.17, 15) is 10.2 Å². The van der Waals surface area contributed by atoms with E-state index in [1.165, 1.54) is 24.5 Å². The predicted octanol–water partition coefficient (Wildman–Crippen LogP) is 1.43. The Bertz CT molecular complexity index is 709. The van der Waals surface area contributed by atoms with Gasteiger partial charge in [-0.15, -0.1) is 20.4 Å². The second-order valence-electron chi connectivity index (χ2n) is 3.75. The summed E-state index contributed by atoms with van der Waals surface area (Å²) in [6.07, 6.45) is 4.17.